The molecule has 11 heteroatoms. The summed E-state index contributed by atoms with van der Waals surface area (Å²) in [7, 11) is -3.68. The Bertz CT molecular complexity index is 1080. The molecule has 0 aliphatic carbocycles. The molecule has 0 unspecified atom stereocenters. The lowest BCUT2D eigenvalue weighted by Gasteiger charge is -2.21. The number of halogens is 2. The molecule has 3 rings (SSSR count). The zero-order valence-corrected chi connectivity index (χ0v) is 17.6. The number of carbonyl (C=O) groups is 1. The van der Waals surface area contributed by atoms with Crippen LogP contribution >= 0.6 is 34.5 Å². The predicted octanol–water partition coefficient (Wildman–Crippen LogP) is 3.92. The van der Waals surface area contributed by atoms with Crippen LogP contribution in [0.3, 0.4) is 0 Å². The summed E-state index contributed by atoms with van der Waals surface area (Å²) in [6, 6.07) is 13.2. The zero-order valence-electron chi connectivity index (χ0n) is 14.5. The van der Waals surface area contributed by atoms with E-state index in [2.05, 4.69) is 15.5 Å². The second-order valence-electron chi connectivity index (χ2n) is 5.71. The van der Waals surface area contributed by atoms with E-state index in [1.54, 1.807) is 36.4 Å². The first-order valence-electron chi connectivity index (χ1n) is 7.85. The minimum Gasteiger partial charge on any atom is -0.299 e. The average molecular weight is 457 g/mol. The first-order valence-corrected chi connectivity index (χ1v) is 11.3. The third kappa shape index (κ3) is 5.20. The van der Waals surface area contributed by atoms with Gasteiger partial charge >= 0.3 is 0 Å². The Morgan fingerprint density at radius 2 is 1.61 bits per heavy atom. The Morgan fingerprint density at radius 3 is 2.18 bits per heavy atom. The molecule has 0 saturated carbocycles. The lowest BCUT2D eigenvalue weighted by molar-refractivity contribution is -0.114. The van der Waals surface area contributed by atoms with E-state index in [1.807, 2.05) is 0 Å². The molecule has 1 aromatic heterocycles. The van der Waals surface area contributed by atoms with E-state index in [0.717, 1.165) is 16.1 Å². The van der Waals surface area contributed by atoms with Crippen LogP contribution in [0.4, 0.5) is 10.8 Å². The number of amides is 1. The van der Waals surface area contributed by atoms with Gasteiger partial charge in [0.15, 0.2) is 0 Å². The van der Waals surface area contributed by atoms with Gasteiger partial charge in [0.1, 0.15) is 11.6 Å². The maximum atomic E-state index is 12.4. The highest BCUT2D eigenvalue weighted by Gasteiger charge is 2.21. The van der Waals surface area contributed by atoms with Crippen molar-refractivity contribution in [3.63, 3.8) is 0 Å². The van der Waals surface area contributed by atoms with Crippen LogP contribution in [-0.4, -0.2) is 37.3 Å². The number of rotatable bonds is 6. The van der Waals surface area contributed by atoms with Crippen molar-refractivity contribution in [2.75, 3.05) is 22.4 Å². The molecule has 3 aromatic rings. The number of carbonyl (C=O) groups excluding carboxylic acids is 1. The highest BCUT2D eigenvalue weighted by Crippen LogP contribution is 2.27. The number of nitrogens with one attached hydrogen (secondary N) is 1. The largest absolute Gasteiger partial charge is 0.299 e. The SMILES string of the molecule is CS(=O)(=O)N(CC(=O)Nc1nnc(-c2ccc(Cl)cc2)s1)c1ccc(Cl)cc1. The highest BCUT2D eigenvalue weighted by molar-refractivity contribution is 7.92. The Balaban J connectivity index is 1.73. The highest BCUT2D eigenvalue weighted by atomic mass is 35.5. The van der Waals surface area contributed by atoms with Crippen molar-refractivity contribution in [2.24, 2.45) is 0 Å². The van der Waals surface area contributed by atoms with E-state index in [0.29, 0.717) is 20.7 Å². The van der Waals surface area contributed by atoms with Crippen LogP contribution in [-0.2, 0) is 14.8 Å². The Kier molecular flexibility index (Phi) is 6.19. The van der Waals surface area contributed by atoms with Gasteiger partial charge in [0.05, 0.1) is 11.9 Å². The monoisotopic (exact) mass is 456 g/mol. The molecule has 1 heterocycles. The van der Waals surface area contributed by atoms with Gasteiger partial charge in [-0.3, -0.25) is 14.4 Å². The molecule has 0 bridgehead atoms. The topological polar surface area (TPSA) is 92.3 Å². The maximum absolute atomic E-state index is 12.4. The lowest BCUT2D eigenvalue weighted by atomic mass is 10.2. The van der Waals surface area contributed by atoms with Crippen molar-refractivity contribution in [3.8, 4) is 10.6 Å². The van der Waals surface area contributed by atoms with Gasteiger partial charge in [-0.05, 0) is 36.4 Å². The summed E-state index contributed by atoms with van der Waals surface area (Å²) in [6.45, 7) is -0.406. The molecule has 0 aliphatic heterocycles. The standard InChI is InChI=1S/C17H14Cl2N4O3S2/c1-28(25,26)23(14-8-6-13(19)7-9-14)10-15(24)20-17-22-21-16(27-17)11-2-4-12(18)5-3-11/h2-9H,10H2,1H3,(H,20,22,24). The van der Waals surface area contributed by atoms with Crippen LogP contribution < -0.4 is 9.62 Å². The van der Waals surface area contributed by atoms with Gasteiger partial charge in [-0.25, -0.2) is 8.42 Å². The van der Waals surface area contributed by atoms with Crippen molar-refractivity contribution >= 4 is 61.3 Å². The van der Waals surface area contributed by atoms with Crippen molar-refractivity contribution in [1.82, 2.24) is 10.2 Å². The number of benzene rings is 2. The molecule has 0 fully saturated rings. The normalized spacial score (nSPS) is 11.2. The van der Waals surface area contributed by atoms with Crippen molar-refractivity contribution < 1.29 is 13.2 Å². The van der Waals surface area contributed by atoms with E-state index in [1.165, 1.54) is 23.5 Å². The van der Waals surface area contributed by atoms with Crippen LogP contribution in [0.15, 0.2) is 48.5 Å². The van der Waals surface area contributed by atoms with Gasteiger partial charge < -0.3 is 0 Å². The van der Waals surface area contributed by atoms with Crippen LogP contribution in [0.5, 0.6) is 0 Å². The van der Waals surface area contributed by atoms with Crippen molar-refractivity contribution in [1.29, 1.82) is 0 Å². The van der Waals surface area contributed by atoms with Gasteiger partial charge in [0.25, 0.3) is 0 Å². The Hall–Kier alpha value is -2.20. The molecule has 28 heavy (non-hydrogen) atoms. The van der Waals surface area contributed by atoms with E-state index in [-0.39, 0.29) is 5.13 Å². The first-order chi connectivity index (χ1) is 13.2. The van der Waals surface area contributed by atoms with Gasteiger partial charge in [0.2, 0.25) is 21.1 Å². The summed E-state index contributed by atoms with van der Waals surface area (Å²) >= 11 is 12.9. The summed E-state index contributed by atoms with van der Waals surface area (Å²) in [4.78, 5) is 12.4. The summed E-state index contributed by atoms with van der Waals surface area (Å²) in [5, 5.41) is 12.5. The molecular formula is C17H14Cl2N4O3S2. The Labute approximate surface area is 176 Å². The summed E-state index contributed by atoms with van der Waals surface area (Å²) in [5.74, 6) is -0.542. The third-order valence-electron chi connectivity index (χ3n) is 3.56. The molecule has 2 aromatic carbocycles. The number of sulfonamides is 1. The average Bonchev–Trinajstić information content (AvgIpc) is 3.09. The molecule has 0 spiro atoms. The van der Waals surface area contributed by atoms with Crippen LogP contribution in [0.1, 0.15) is 0 Å². The van der Waals surface area contributed by atoms with Crippen molar-refractivity contribution in [3.05, 3.63) is 58.6 Å². The van der Waals surface area contributed by atoms with Crippen LogP contribution in [0, 0.1) is 0 Å². The quantitative estimate of drug-likeness (QED) is 0.606. The lowest BCUT2D eigenvalue weighted by Crippen LogP contribution is -2.37. The number of hydrogen-bond donors (Lipinski definition) is 1. The van der Waals surface area contributed by atoms with Crippen molar-refractivity contribution in [2.45, 2.75) is 0 Å². The summed E-state index contributed by atoms with van der Waals surface area (Å²) in [5.41, 5.74) is 1.14. The van der Waals surface area contributed by atoms with Gasteiger partial charge in [-0.2, -0.15) is 0 Å². The zero-order chi connectivity index (χ0) is 20.3. The first kappa shape index (κ1) is 20.5. The molecule has 1 N–H and O–H groups in total. The molecule has 0 saturated heterocycles. The molecule has 0 radical (unpaired) electrons. The summed E-state index contributed by atoms with van der Waals surface area (Å²) in [6.07, 6.45) is 1.03. The second-order valence-corrected chi connectivity index (χ2v) is 9.47. The summed E-state index contributed by atoms with van der Waals surface area (Å²) < 4.78 is 25.2. The van der Waals surface area contributed by atoms with E-state index >= 15 is 0 Å². The van der Waals surface area contributed by atoms with Crippen LogP contribution in [0.2, 0.25) is 10.0 Å². The maximum Gasteiger partial charge on any atom is 0.246 e. The minimum atomic E-state index is -3.68. The third-order valence-corrected chi connectivity index (χ3v) is 6.10. The predicted molar refractivity (Wildman–Crippen MR) is 113 cm³/mol. The molecule has 1 amide bonds. The fourth-order valence-electron chi connectivity index (χ4n) is 2.28. The van der Waals surface area contributed by atoms with Gasteiger partial charge in [0, 0.05) is 15.6 Å². The van der Waals surface area contributed by atoms with E-state index in [4.69, 9.17) is 23.2 Å². The molecule has 0 aliphatic rings. The molecule has 146 valence electrons. The second kappa shape index (κ2) is 8.44. The molecule has 7 nitrogen and oxygen atoms in total. The number of nitrogens with zero attached hydrogens (tertiary/aromatic N) is 3. The van der Waals surface area contributed by atoms with Gasteiger partial charge in [-0.15, -0.1) is 10.2 Å². The smallest absolute Gasteiger partial charge is 0.246 e. The fraction of sp³-hybridized carbons (Fsp3) is 0.118. The van der Waals surface area contributed by atoms with E-state index < -0.39 is 22.5 Å². The minimum absolute atomic E-state index is 0.263. The number of anilines is 2. The number of hydrogen-bond acceptors (Lipinski definition) is 6. The number of aromatic nitrogens is 2. The van der Waals surface area contributed by atoms with Gasteiger partial charge in [-0.1, -0.05) is 46.7 Å². The molecule has 0 atom stereocenters. The van der Waals surface area contributed by atoms with E-state index in [9.17, 15) is 13.2 Å². The Morgan fingerprint density at radius 1 is 1.04 bits per heavy atom. The molecular weight excluding hydrogens is 443 g/mol. The fourth-order valence-corrected chi connectivity index (χ4v) is 4.15. The van der Waals surface area contributed by atoms with Crippen LogP contribution in [0.25, 0.3) is 10.6 Å².